The third-order valence-electron chi connectivity index (χ3n) is 3.69. The zero-order valence-corrected chi connectivity index (χ0v) is 16.9. The fourth-order valence-electron chi connectivity index (χ4n) is 2.39. The van der Waals surface area contributed by atoms with E-state index in [1.807, 2.05) is 18.2 Å². The Morgan fingerprint density at radius 3 is 2.33 bits per heavy atom. The maximum Gasteiger partial charge on any atom is 0.166 e. The number of aliphatic hydroxyl groups excluding tert-OH is 1. The van der Waals surface area contributed by atoms with Gasteiger partial charge in [0.2, 0.25) is 0 Å². The summed E-state index contributed by atoms with van der Waals surface area (Å²) in [7, 11) is 1.58. The van der Waals surface area contributed by atoms with E-state index in [9.17, 15) is 4.39 Å². The molecule has 0 spiro atoms. The molecule has 0 unspecified atom stereocenters. The SMILES string of the molecule is COc1cccc(CNCCNCCO)c1OCc1ccccc1F.Cl.Cl. The van der Waals surface area contributed by atoms with Crippen LogP contribution in [0.15, 0.2) is 42.5 Å². The topological polar surface area (TPSA) is 62.8 Å². The van der Waals surface area contributed by atoms with Gasteiger partial charge in [-0.05, 0) is 12.1 Å². The molecule has 0 saturated heterocycles. The van der Waals surface area contributed by atoms with Gasteiger partial charge in [-0.2, -0.15) is 0 Å². The van der Waals surface area contributed by atoms with Crippen molar-refractivity contribution in [1.29, 1.82) is 0 Å². The molecule has 8 heteroatoms. The fourth-order valence-corrected chi connectivity index (χ4v) is 2.39. The lowest BCUT2D eigenvalue weighted by Crippen LogP contribution is -2.28. The van der Waals surface area contributed by atoms with E-state index >= 15 is 0 Å². The number of para-hydroxylation sites is 1. The molecular formula is C19H27Cl2FN2O3. The predicted molar refractivity (Wildman–Crippen MR) is 110 cm³/mol. The van der Waals surface area contributed by atoms with Gasteiger partial charge in [-0.1, -0.05) is 30.3 Å². The molecule has 0 bridgehead atoms. The summed E-state index contributed by atoms with van der Waals surface area (Å²) in [4.78, 5) is 0. The molecule has 3 N–H and O–H groups in total. The maximum atomic E-state index is 13.8. The Morgan fingerprint density at radius 1 is 0.926 bits per heavy atom. The fraction of sp³-hybridized carbons (Fsp3) is 0.368. The number of benzene rings is 2. The average Bonchev–Trinajstić information content (AvgIpc) is 2.64. The number of hydrogen-bond donors (Lipinski definition) is 3. The summed E-state index contributed by atoms with van der Waals surface area (Å²) in [6.45, 7) is 2.96. The number of rotatable bonds is 11. The van der Waals surface area contributed by atoms with Crippen LogP contribution in [0, 0.1) is 5.82 Å². The van der Waals surface area contributed by atoms with Crippen molar-refractivity contribution in [1.82, 2.24) is 10.6 Å². The number of methoxy groups -OCH3 is 1. The van der Waals surface area contributed by atoms with Crippen molar-refractivity contribution in [2.45, 2.75) is 13.2 Å². The molecule has 0 saturated carbocycles. The molecule has 0 aromatic heterocycles. The second kappa shape index (κ2) is 14.5. The molecule has 152 valence electrons. The summed E-state index contributed by atoms with van der Waals surface area (Å²) in [5, 5.41) is 15.1. The summed E-state index contributed by atoms with van der Waals surface area (Å²) in [6, 6.07) is 12.2. The molecule has 0 heterocycles. The van der Waals surface area contributed by atoms with Crippen LogP contribution in [-0.4, -0.2) is 38.5 Å². The highest BCUT2D eigenvalue weighted by atomic mass is 35.5. The average molecular weight is 421 g/mol. The van der Waals surface area contributed by atoms with Gasteiger partial charge in [0.15, 0.2) is 11.5 Å². The maximum absolute atomic E-state index is 13.8. The molecule has 0 aliphatic carbocycles. The van der Waals surface area contributed by atoms with Crippen LogP contribution in [0.5, 0.6) is 11.5 Å². The third-order valence-corrected chi connectivity index (χ3v) is 3.69. The minimum Gasteiger partial charge on any atom is -0.493 e. The van der Waals surface area contributed by atoms with Crippen LogP contribution in [-0.2, 0) is 13.2 Å². The smallest absolute Gasteiger partial charge is 0.166 e. The Morgan fingerprint density at radius 2 is 1.63 bits per heavy atom. The van der Waals surface area contributed by atoms with Crippen molar-refractivity contribution < 1.29 is 19.0 Å². The van der Waals surface area contributed by atoms with Gasteiger partial charge in [0.05, 0.1) is 13.7 Å². The van der Waals surface area contributed by atoms with E-state index in [2.05, 4.69) is 10.6 Å². The molecule has 2 rings (SSSR count). The first-order valence-electron chi connectivity index (χ1n) is 8.30. The van der Waals surface area contributed by atoms with Crippen LogP contribution in [0.2, 0.25) is 0 Å². The van der Waals surface area contributed by atoms with E-state index in [1.165, 1.54) is 6.07 Å². The van der Waals surface area contributed by atoms with Crippen molar-refractivity contribution in [2.24, 2.45) is 0 Å². The van der Waals surface area contributed by atoms with E-state index in [-0.39, 0.29) is 43.8 Å². The first-order chi connectivity index (χ1) is 12.3. The second-order valence-electron chi connectivity index (χ2n) is 5.48. The molecule has 0 atom stereocenters. The summed E-state index contributed by atoms with van der Waals surface area (Å²) < 4.78 is 25.0. The largest absolute Gasteiger partial charge is 0.493 e. The van der Waals surface area contributed by atoms with Crippen molar-refractivity contribution in [3.8, 4) is 11.5 Å². The van der Waals surface area contributed by atoms with Gasteiger partial charge in [0, 0.05) is 37.3 Å². The highest BCUT2D eigenvalue weighted by Gasteiger charge is 2.11. The first kappa shape index (κ1) is 25.4. The highest BCUT2D eigenvalue weighted by Crippen LogP contribution is 2.32. The molecule has 27 heavy (non-hydrogen) atoms. The van der Waals surface area contributed by atoms with Crippen molar-refractivity contribution in [2.75, 3.05) is 33.4 Å². The lowest BCUT2D eigenvalue weighted by atomic mass is 10.1. The van der Waals surface area contributed by atoms with Crippen molar-refractivity contribution in [3.63, 3.8) is 0 Å². The van der Waals surface area contributed by atoms with Crippen LogP contribution in [0.1, 0.15) is 11.1 Å². The molecule has 5 nitrogen and oxygen atoms in total. The van der Waals surface area contributed by atoms with E-state index < -0.39 is 0 Å². The summed E-state index contributed by atoms with van der Waals surface area (Å²) in [5.41, 5.74) is 1.44. The zero-order chi connectivity index (χ0) is 17.9. The monoisotopic (exact) mass is 420 g/mol. The van der Waals surface area contributed by atoms with Crippen molar-refractivity contribution >= 4 is 24.8 Å². The minimum absolute atomic E-state index is 0. The van der Waals surface area contributed by atoms with E-state index in [4.69, 9.17) is 14.6 Å². The van der Waals surface area contributed by atoms with Gasteiger partial charge in [-0.25, -0.2) is 4.39 Å². The molecular weight excluding hydrogens is 394 g/mol. The second-order valence-corrected chi connectivity index (χ2v) is 5.48. The Kier molecular flexibility index (Phi) is 13.6. The van der Waals surface area contributed by atoms with Crippen molar-refractivity contribution in [3.05, 3.63) is 59.4 Å². The summed E-state index contributed by atoms with van der Waals surface area (Å²) >= 11 is 0. The van der Waals surface area contributed by atoms with E-state index in [0.29, 0.717) is 30.2 Å². The number of nitrogens with one attached hydrogen (secondary N) is 2. The Hall–Kier alpha value is -1.57. The molecule has 2 aromatic rings. The number of ether oxygens (including phenoxy) is 2. The van der Waals surface area contributed by atoms with Crippen LogP contribution in [0.3, 0.4) is 0 Å². The first-order valence-corrected chi connectivity index (χ1v) is 8.30. The van der Waals surface area contributed by atoms with Gasteiger partial charge >= 0.3 is 0 Å². The molecule has 0 aliphatic heterocycles. The van der Waals surface area contributed by atoms with Crippen LogP contribution in [0.25, 0.3) is 0 Å². The van der Waals surface area contributed by atoms with Gasteiger partial charge in [-0.3, -0.25) is 0 Å². The molecule has 0 fully saturated rings. The van der Waals surface area contributed by atoms with Gasteiger partial charge in [0.1, 0.15) is 12.4 Å². The van der Waals surface area contributed by atoms with E-state index in [1.54, 1.807) is 25.3 Å². The molecule has 0 amide bonds. The number of hydrogen-bond acceptors (Lipinski definition) is 5. The Bertz CT molecular complexity index is 663. The molecule has 0 radical (unpaired) electrons. The Balaban J connectivity index is 0.00000338. The standard InChI is InChI=1S/C19H25FN2O3.2ClH/c1-24-18-8-4-6-15(13-22-10-9-21-11-12-23)19(18)25-14-16-5-2-3-7-17(16)20;;/h2-8,21-23H,9-14H2,1H3;2*1H. The van der Waals surface area contributed by atoms with Gasteiger partial charge < -0.3 is 25.2 Å². The van der Waals surface area contributed by atoms with Crippen LogP contribution < -0.4 is 20.1 Å². The van der Waals surface area contributed by atoms with E-state index in [0.717, 1.165) is 18.7 Å². The minimum atomic E-state index is -0.285. The predicted octanol–water partition coefficient (Wildman–Crippen LogP) is 2.93. The van der Waals surface area contributed by atoms with Gasteiger partial charge in [0.25, 0.3) is 0 Å². The van der Waals surface area contributed by atoms with Gasteiger partial charge in [-0.15, -0.1) is 24.8 Å². The highest BCUT2D eigenvalue weighted by molar-refractivity contribution is 5.85. The lowest BCUT2D eigenvalue weighted by Gasteiger charge is -2.16. The van der Waals surface area contributed by atoms with Crippen LogP contribution >= 0.6 is 24.8 Å². The molecule has 0 aliphatic rings. The summed E-state index contributed by atoms with van der Waals surface area (Å²) in [5.74, 6) is 0.949. The number of halogens is 3. The normalized spacial score (nSPS) is 9.89. The lowest BCUT2D eigenvalue weighted by molar-refractivity contribution is 0.276. The quantitative estimate of drug-likeness (QED) is 0.487. The number of aliphatic hydroxyl groups is 1. The van der Waals surface area contributed by atoms with Crippen LogP contribution in [0.4, 0.5) is 4.39 Å². The third kappa shape index (κ3) is 8.32. The summed E-state index contributed by atoms with van der Waals surface area (Å²) in [6.07, 6.45) is 0. The molecule has 2 aromatic carbocycles. The Labute approximate surface area is 172 Å². The zero-order valence-electron chi connectivity index (χ0n) is 15.2.